The zero-order chi connectivity index (χ0) is 95.6. The molecule has 4 bridgehead atoms. The standard InChI is InChI=1S/C96H160O34/c1-53-25-31-71(125-95-91(129-93(109)77(103)49-97)89(117-17)83(115-15)51-119-95)43-65-21-19-23-67(123-65)47-79(113-13)60(8)76(102)40-64(100)42-82(62(10)88(108)56(4)30-34-70-46-74(112-12)38-58(6)122-70)128-86(106)36-28-54(2)26-32-72(126-96-92(130-94(110)78(104)50-98)90(118-18)84(116-16)52-120-96)44-66-22-20-24-68(124-66)48-80(114-14)59(7)75(101)39-63(99)41-81(127-85(105)35-27-53)61(9)87(107)55(3)29-33-69-45-73(111-11)37-57(5)121-69/h19-22,25-28,35-36,55-84,87-92,95-104,107-108H,23-24,29-34,37-52H2,1-18H3. The highest BCUT2D eigenvalue weighted by Gasteiger charge is 2.49. The molecule has 0 spiro atoms. The lowest BCUT2D eigenvalue weighted by atomic mass is 9.83. The molecule has 0 saturated carbocycles. The normalized spacial score (nSPS) is 37.8. The molecule has 38 unspecified atom stereocenters. The van der Waals surface area contributed by atoms with E-state index in [0.29, 0.717) is 62.5 Å². The van der Waals surface area contributed by atoms with Gasteiger partial charge in [0.15, 0.2) is 37.0 Å². The van der Waals surface area contributed by atoms with E-state index in [1.807, 2.05) is 64.2 Å². The van der Waals surface area contributed by atoms with Gasteiger partial charge < -0.3 is 146 Å². The molecule has 0 amide bonds. The summed E-state index contributed by atoms with van der Waals surface area (Å²) in [6, 6.07) is 0. The molecule has 0 aliphatic carbocycles. The van der Waals surface area contributed by atoms with Crippen LogP contribution < -0.4 is 0 Å². The highest BCUT2D eigenvalue weighted by molar-refractivity contribution is 5.83. The predicted molar refractivity (Wildman–Crippen MR) is 475 cm³/mol. The lowest BCUT2D eigenvalue weighted by molar-refractivity contribution is -0.296. The Morgan fingerprint density at radius 1 is 0.431 bits per heavy atom. The van der Waals surface area contributed by atoms with Crippen LogP contribution >= 0.6 is 0 Å². The monoisotopic (exact) mass is 1860 g/mol. The van der Waals surface area contributed by atoms with E-state index in [1.165, 1.54) is 54.8 Å². The molecule has 4 fully saturated rings. The summed E-state index contributed by atoms with van der Waals surface area (Å²) in [6.07, 6.45) is -3.68. The maximum atomic E-state index is 14.4. The molecule has 130 heavy (non-hydrogen) atoms. The summed E-state index contributed by atoms with van der Waals surface area (Å²) in [7, 11) is 12.1. The van der Waals surface area contributed by atoms with Crippen LogP contribution in [0.4, 0.5) is 0 Å². The summed E-state index contributed by atoms with van der Waals surface area (Å²) >= 11 is 0. The average Bonchev–Trinajstić information content (AvgIpc) is 0.810. The Kier molecular flexibility index (Phi) is 49.6. The molecule has 4 saturated heterocycles. The van der Waals surface area contributed by atoms with Crippen molar-refractivity contribution in [2.75, 3.05) is 83.3 Å². The minimum absolute atomic E-state index is 0.0170. The summed E-state index contributed by atoms with van der Waals surface area (Å²) in [5.41, 5.74) is 1.14. The molecule has 34 nitrogen and oxygen atoms in total. The van der Waals surface area contributed by atoms with Crippen LogP contribution in [0.15, 0.2) is 71.9 Å². The predicted octanol–water partition coefficient (Wildman–Crippen LogP) is 6.97. The van der Waals surface area contributed by atoms with Gasteiger partial charge in [0.25, 0.3) is 0 Å². The van der Waals surface area contributed by atoms with Gasteiger partial charge in [-0.05, 0) is 129 Å². The molecular weight excluding hydrogens is 1700 g/mol. The third-order valence-electron chi connectivity index (χ3n) is 27.2. The summed E-state index contributed by atoms with van der Waals surface area (Å²) in [5, 5.41) is 113. The first-order valence-electron chi connectivity index (χ1n) is 46.9. The molecule has 0 aromatic heterocycles. The second kappa shape index (κ2) is 57.5. The number of carbonyl (C=O) groups excluding carboxylic acids is 4. The number of ether oxygens (including phenoxy) is 20. The van der Waals surface area contributed by atoms with E-state index >= 15 is 0 Å². The molecule has 38 atom stereocenters. The van der Waals surface area contributed by atoms with E-state index in [1.54, 1.807) is 67.9 Å². The van der Waals surface area contributed by atoms with Crippen molar-refractivity contribution < 1.29 is 165 Å². The third kappa shape index (κ3) is 35.7. The van der Waals surface area contributed by atoms with Crippen molar-refractivity contribution in [2.45, 2.75) is 393 Å². The van der Waals surface area contributed by atoms with Gasteiger partial charge in [0.1, 0.15) is 36.6 Å². The number of cyclic esters (lactones) is 2. The number of methoxy groups -OCH3 is 8. The fraction of sp³-hybridized carbons (Fsp3) is 0.833. The number of aliphatic hydroxyl groups is 10. The number of fused-ring (bicyclic) bond motifs is 4. The number of carbonyl (C=O) groups is 4. The van der Waals surface area contributed by atoms with Crippen molar-refractivity contribution in [3.63, 3.8) is 0 Å². The first-order chi connectivity index (χ1) is 62.0. The Bertz CT molecular complexity index is 3230. The SMILES string of the molecule is COC1CC(C)OC(CCC(C)C(O)C(C)C2CC(O)CC(O)C(C)C(OC)CC3CC=CC(CC(OC4OCC(OC)C(OC)C4OC(=O)C(O)CO)CC=C(C)C=CC(=O)OC(C(C)C(O)C(C)CCC4CC(OC)CC(C)O4)CC(O)CC(O)C(C)C(OC)CC4CC=CC(CC(OC5OCC(OC)C(OC)C5OC(=O)C(O)CO)CC=C(C)C=CC(=O)O2)O4)O3)C1. The van der Waals surface area contributed by atoms with Crippen molar-refractivity contribution >= 4 is 23.9 Å². The van der Waals surface area contributed by atoms with Crippen molar-refractivity contribution in [3.8, 4) is 0 Å². The van der Waals surface area contributed by atoms with Gasteiger partial charge >= 0.3 is 23.9 Å². The van der Waals surface area contributed by atoms with Crippen LogP contribution in [-0.2, 0) is 114 Å². The van der Waals surface area contributed by atoms with Crippen LogP contribution in [0.25, 0.3) is 0 Å². The lowest BCUT2D eigenvalue weighted by Gasteiger charge is -2.42. The molecule has 34 heteroatoms. The van der Waals surface area contributed by atoms with Gasteiger partial charge in [-0.1, -0.05) is 101 Å². The minimum Gasteiger partial charge on any atom is -0.459 e. The second-order valence-electron chi connectivity index (χ2n) is 37.2. The van der Waals surface area contributed by atoms with Crippen molar-refractivity contribution in [1.82, 2.24) is 0 Å². The number of allylic oxidation sites excluding steroid dienone is 4. The molecule has 0 radical (unpaired) electrons. The van der Waals surface area contributed by atoms with Crippen LogP contribution in [0.1, 0.15) is 198 Å². The van der Waals surface area contributed by atoms with E-state index in [0.717, 1.165) is 12.8 Å². The Balaban J connectivity index is 1.23. The quantitative estimate of drug-likeness (QED) is 0.0197. The number of esters is 4. The first kappa shape index (κ1) is 112. The molecule has 0 aromatic carbocycles. The molecule has 7 heterocycles. The topological polar surface area (TPSA) is 455 Å². The largest absolute Gasteiger partial charge is 0.459 e. The van der Waals surface area contributed by atoms with Crippen LogP contribution in [0, 0.1) is 35.5 Å². The van der Waals surface area contributed by atoms with Gasteiger partial charge in [-0.15, -0.1) is 0 Å². The van der Waals surface area contributed by atoms with Gasteiger partial charge in [-0.2, -0.15) is 0 Å². The summed E-state index contributed by atoms with van der Waals surface area (Å²) in [4.78, 5) is 55.3. The van der Waals surface area contributed by atoms with Crippen LogP contribution in [0.5, 0.6) is 0 Å². The van der Waals surface area contributed by atoms with Gasteiger partial charge in [0, 0.05) is 131 Å². The van der Waals surface area contributed by atoms with Crippen LogP contribution in [-0.4, -0.2) is 354 Å². The average molecular weight is 1860 g/mol. The maximum absolute atomic E-state index is 14.4. The third-order valence-corrected chi connectivity index (χ3v) is 27.2. The second-order valence-corrected chi connectivity index (χ2v) is 37.2. The van der Waals surface area contributed by atoms with Gasteiger partial charge in [-0.3, -0.25) is 0 Å². The van der Waals surface area contributed by atoms with E-state index < -0.39 is 220 Å². The Morgan fingerprint density at radius 3 is 1.14 bits per heavy atom. The summed E-state index contributed by atoms with van der Waals surface area (Å²) < 4.78 is 123. The fourth-order valence-corrected chi connectivity index (χ4v) is 18.8. The van der Waals surface area contributed by atoms with E-state index in [4.69, 9.17) is 94.7 Å². The van der Waals surface area contributed by atoms with Crippen LogP contribution in [0.3, 0.4) is 0 Å². The number of aliphatic hydroxyl groups excluding tert-OH is 10. The van der Waals surface area contributed by atoms with Gasteiger partial charge in [0.2, 0.25) is 0 Å². The fourth-order valence-electron chi connectivity index (χ4n) is 18.8. The molecule has 7 aliphatic heterocycles. The number of rotatable bonds is 30. The highest BCUT2D eigenvalue weighted by atomic mass is 16.7. The summed E-state index contributed by atoms with van der Waals surface area (Å²) in [5.74, 6) is -7.29. The number of hydrogen-bond donors (Lipinski definition) is 10. The van der Waals surface area contributed by atoms with Crippen molar-refractivity contribution in [2.24, 2.45) is 35.5 Å². The van der Waals surface area contributed by atoms with E-state index in [2.05, 4.69) is 0 Å². The van der Waals surface area contributed by atoms with Crippen molar-refractivity contribution in [1.29, 1.82) is 0 Å². The molecular formula is C96H160O34. The Hall–Kier alpha value is -4.72. The maximum Gasteiger partial charge on any atom is 0.337 e. The molecule has 0 aromatic rings. The Labute approximate surface area is 769 Å². The van der Waals surface area contributed by atoms with Crippen LogP contribution in [0.2, 0.25) is 0 Å². The van der Waals surface area contributed by atoms with Gasteiger partial charge in [0.05, 0.1) is 149 Å². The number of hydrogen-bond acceptors (Lipinski definition) is 34. The lowest BCUT2D eigenvalue weighted by Crippen LogP contribution is -2.58. The zero-order valence-corrected chi connectivity index (χ0v) is 80.0. The van der Waals surface area contributed by atoms with Crippen molar-refractivity contribution in [3.05, 3.63) is 71.9 Å². The summed E-state index contributed by atoms with van der Waals surface area (Å²) in [6.45, 7) is 16.5. The zero-order valence-electron chi connectivity index (χ0n) is 80.0. The smallest absolute Gasteiger partial charge is 0.337 e. The van der Waals surface area contributed by atoms with E-state index in [9.17, 15) is 70.2 Å². The molecule has 748 valence electrons. The molecule has 7 rings (SSSR count). The minimum atomic E-state index is -1.90. The molecule has 7 aliphatic rings. The Morgan fingerprint density at radius 2 is 0.800 bits per heavy atom. The van der Waals surface area contributed by atoms with Gasteiger partial charge in [-0.25, -0.2) is 19.2 Å². The first-order valence-corrected chi connectivity index (χ1v) is 46.9. The molecule has 10 N–H and O–H groups in total. The van der Waals surface area contributed by atoms with E-state index in [-0.39, 0.29) is 126 Å². The highest BCUT2D eigenvalue weighted by Crippen LogP contribution is 2.38.